The van der Waals surface area contributed by atoms with Gasteiger partial charge in [-0.3, -0.25) is 4.52 Å². The molecule has 0 aliphatic heterocycles. The Morgan fingerprint density at radius 1 is 1.19 bits per heavy atom. The lowest BCUT2D eigenvalue weighted by Gasteiger charge is -2.27. The van der Waals surface area contributed by atoms with Crippen LogP contribution in [0.25, 0.3) is 0 Å². The summed E-state index contributed by atoms with van der Waals surface area (Å²) >= 11 is 1.70. The molecule has 4 rings (SSSR count). The Morgan fingerprint density at radius 2 is 2.06 bits per heavy atom. The molecule has 0 amide bonds. The molecular formula is C23H32NO6PS. The van der Waals surface area contributed by atoms with Gasteiger partial charge in [0.05, 0.1) is 32.5 Å². The fraction of sp³-hybridized carbons (Fsp3) is 0.565. The number of aryl methyl sites for hydroxylation is 1. The molecule has 2 aliphatic rings. The summed E-state index contributed by atoms with van der Waals surface area (Å²) in [4.78, 5) is 19.2. The summed E-state index contributed by atoms with van der Waals surface area (Å²) < 4.78 is 27.4. The fourth-order valence-electron chi connectivity index (χ4n) is 4.76. The van der Waals surface area contributed by atoms with Gasteiger partial charge in [0.1, 0.15) is 0 Å². The number of rotatable bonds is 10. The molecule has 1 saturated carbocycles. The number of hydrogen-bond donors (Lipinski definition) is 3. The van der Waals surface area contributed by atoms with Crippen molar-refractivity contribution in [1.29, 1.82) is 0 Å². The van der Waals surface area contributed by atoms with Gasteiger partial charge >= 0.3 is 7.82 Å². The second-order valence-electron chi connectivity index (χ2n) is 8.96. The number of thiophene rings is 1. The van der Waals surface area contributed by atoms with E-state index >= 15 is 0 Å². The average Bonchev–Trinajstić information content (AvgIpc) is 3.42. The Labute approximate surface area is 193 Å². The van der Waals surface area contributed by atoms with E-state index in [1.807, 2.05) is 6.07 Å². The number of fused-ring (bicyclic) bond motifs is 1. The first-order valence-electron chi connectivity index (χ1n) is 11.1. The topological polar surface area (TPSA) is 111 Å². The number of phosphoric ester groups is 1. The standard InChI is InChI=1S/C23H32NO6PS/c24-23(16-30-31(25,26)27)8-7-20(14-23)18-3-4-19-13-21(6-5-17(19)12-18)29-10-9-28-15-22-2-1-11-32-22/h1-4,11-12,20-21H,5-10,13-16,24H2,(H2,25,26,27)/t20-,21+,23+/m0/s1. The van der Waals surface area contributed by atoms with Crippen LogP contribution in [0.2, 0.25) is 0 Å². The summed E-state index contributed by atoms with van der Waals surface area (Å²) in [5, 5.41) is 2.06. The zero-order chi connectivity index (χ0) is 22.6. The molecule has 7 nitrogen and oxygen atoms in total. The van der Waals surface area contributed by atoms with E-state index in [2.05, 4.69) is 34.2 Å². The molecule has 0 saturated heterocycles. The summed E-state index contributed by atoms with van der Waals surface area (Å²) in [7, 11) is -4.50. The number of benzene rings is 1. The Balaban J connectivity index is 1.24. The molecule has 176 valence electrons. The van der Waals surface area contributed by atoms with Crippen LogP contribution in [0.1, 0.15) is 53.2 Å². The number of hydrogen-bond acceptors (Lipinski definition) is 6. The summed E-state index contributed by atoms with van der Waals surface area (Å²) in [6.07, 6.45) is 5.41. The van der Waals surface area contributed by atoms with E-state index in [1.54, 1.807) is 11.3 Å². The van der Waals surface area contributed by atoms with Gasteiger partial charge in [0, 0.05) is 10.4 Å². The molecule has 1 aromatic carbocycles. The monoisotopic (exact) mass is 481 g/mol. The molecule has 4 N–H and O–H groups in total. The van der Waals surface area contributed by atoms with Crippen molar-refractivity contribution in [1.82, 2.24) is 0 Å². The Hall–Kier alpha value is -1.09. The van der Waals surface area contributed by atoms with Crippen molar-refractivity contribution in [3.8, 4) is 0 Å². The molecule has 9 heteroatoms. The molecule has 2 aliphatic carbocycles. The zero-order valence-electron chi connectivity index (χ0n) is 18.2. The lowest BCUT2D eigenvalue weighted by atomic mass is 9.85. The van der Waals surface area contributed by atoms with E-state index in [4.69, 9.17) is 25.0 Å². The van der Waals surface area contributed by atoms with Crippen LogP contribution in [0.15, 0.2) is 35.7 Å². The molecule has 1 fully saturated rings. The highest BCUT2D eigenvalue weighted by Gasteiger charge is 2.38. The summed E-state index contributed by atoms with van der Waals surface area (Å²) in [5.41, 5.74) is 9.63. The lowest BCUT2D eigenvalue weighted by Crippen LogP contribution is -2.41. The molecular weight excluding hydrogens is 449 g/mol. The van der Waals surface area contributed by atoms with E-state index in [0.717, 1.165) is 25.7 Å². The van der Waals surface area contributed by atoms with Gasteiger partial charge in [-0.25, -0.2) is 4.57 Å². The van der Waals surface area contributed by atoms with Crippen molar-refractivity contribution >= 4 is 19.2 Å². The second kappa shape index (κ2) is 10.5. The fourth-order valence-corrected chi connectivity index (χ4v) is 5.83. The van der Waals surface area contributed by atoms with E-state index in [9.17, 15) is 4.57 Å². The quantitative estimate of drug-likeness (QED) is 0.348. The van der Waals surface area contributed by atoms with Gasteiger partial charge in [0.15, 0.2) is 0 Å². The van der Waals surface area contributed by atoms with Crippen molar-refractivity contribution in [3.05, 3.63) is 57.3 Å². The number of nitrogens with two attached hydrogens (primary N) is 1. The van der Waals surface area contributed by atoms with Crippen LogP contribution in [0, 0.1) is 0 Å². The number of phosphoric acid groups is 1. The predicted octanol–water partition coefficient (Wildman–Crippen LogP) is 3.91. The van der Waals surface area contributed by atoms with Crippen LogP contribution in [-0.4, -0.2) is 41.3 Å². The van der Waals surface area contributed by atoms with Gasteiger partial charge in [-0.1, -0.05) is 24.3 Å². The molecule has 0 spiro atoms. The van der Waals surface area contributed by atoms with Crippen LogP contribution in [-0.2, 0) is 38.0 Å². The minimum absolute atomic E-state index is 0.116. The normalized spacial score (nSPS) is 25.7. The molecule has 1 heterocycles. The van der Waals surface area contributed by atoms with E-state index < -0.39 is 13.4 Å². The van der Waals surface area contributed by atoms with Crippen LogP contribution in [0.5, 0.6) is 0 Å². The van der Waals surface area contributed by atoms with Crippen molar-refractivity contribution in [2.24, 2.45) is 5.73 Å². The molecule has 0 bridgehead atoms. The highest BCUT2D eigenvalue weighted by atomic mass is 32.1. The van der Waals surface area contributed by atoms with Gasteiger partial charge in [-0.05, 0) is 72.6 Å². The highest BCUT2D eigenvalue weighted by Crippen LogP contribution is 2.44. The average molecular weight is 482 g/mol. The summed E-state index contributed by atoms with van der Waals surface area (Å²) in [6, 6.07) is 10.8. The van der Waals surface area contributed by atoms with Crippen molar-refractivity contribution in [3.63, 3.8) is 0 Å². The maximum absolute atomic E-state index is 11.0. The predicted molar refractivity (Wildman–Crippen MR) is 124 cm³/mol. The van der Waals surface area contributed by atoms with Gasteiger partial charge in [0.2, 0.25) is 0 Å². The largest absolute Gasteiger partial charge is 0.469 e. The Bertz CT molecular complexity index is 933. The minimum atomic E-state index is -4.50. The Morgan fingerprint density at radius 3 is 2.84 bits per heavy atom. The highest BCUT2D eigenvalue weighted by molar-refractivity contribution is 7.46. The minimum Gasteiger partial charge on any atom is -0.375 e. The molecule has 3 atom stereocenters. The molecule has 0 radical (unpaired) electrons. The van der Waals surface area contributed by atoms with Crippen LogP contribution >= 0.6 is 19.2 Å². The number of ether oxygens (including phenoxy) is 2. The smallest absolute Gasteiger partial charge is 0.375 e. The second-order valence-corrected chi connectivity index (χ2v) is 11.2. The summed E-state index contributed by atoms with van der Waals surface area (Å²) in [5.74, 6) is 0.292. The SMILES string of the molecule is N[C@]1(COP(=O)(O)O)CC[C@H](c2ccc3c(c2)CC[C@@H](OCCOCc2cccs2)C3)C1. The van der Waals surface area contributed by atoms with Gasteiger partial charge in [0.25, 0.3) is 0 Å². The molecule has 32 heavy (non-hydrogen) atoms. The zero-order valence-corrected chi connectivity index (χ0v) is 19.9. The van der Waals surface area contributed by atoms with E-state index in [-0.39, 0.29) is 12.7 Å². The summed E-state index contributed by atoms with van der Waals surface area (Å²) in [6.45, 7) is 1.75. The maximum atomic E-state index is 11.0. The third kappa shape index (κ3) is 6.72. The molecule has 0 unspecified atom stereocenters. The van der Waals surface area contributed by atoms with Crippen LogP contribution < -0.4 is 5.73 Å². The molecule has 1 aromatic heterocycles. The first kappa shape index (κ1) is 24.0. The van der Waals surface area contributed by atoms with Crippen molar-refractivity contribution in [2.45, 2.75) is 62.7 Å². The van der Waals surface area contributed by atoms with Crippen molar-refractivity contribution in [2.75, 3.05) is 19.8 Å². The maximum Gasteiger partial charge on any atom is 0.469 e. The van der Waals surface area contributed by atoms with E-state index in [0.29, 0.717) is 38.6 Å². The van der Waals surface area contributed by atoms with Gasteiger partial charge in [-0.2, -0.15) is 0 Å². The van der Waals surface area contributed by atoms with Crippen LogP contribution in [0.3, 0.4) is 0 Å². The molecule has 2 aromatic rings. The van der Waals surface area contributed by atoms with Crippen molar-refractivity contribution < 1.29 is 28.3 Å². The van der Waals surface area contributed by atoms with E-state index in [1.165, 1.54) is 21.6 Å². The first-order valence-corrected chi connectivity index (χ1v) is 13.5. The first-order chi connectivity index (χ1) is 15.3. The lowest BCUT2D eigenvalue weighted by molar-refractivity contribution is -0.00412. The van der Waals surface area contributed by atoms with Crippen LogP contribution in [0.4, 0.5) is 0 Å². The third-order valence-corrected chi connectivity index (χ3v) is 7.77. The Kier molecular flexibility index (Phi) is 7.85. The van der Waals surface area contributed by atoms with Gasteiger partial charge < -0.3 is 25.0 Å². The third-order valence-electron chi connectivity index (χ3n) is 6.45. The van der Waals surface area contributed by atoms with Gasteiger partial charge in [-0.15, -0.1) is 11.3 Å².